The molecule has 130 valence electrons. The van der Waals surface area contributed by atoms with Gasteiger partial charge in [-0.25, -0.2) is 4.79 Å². The summed E-state index contributed by atoms with van der Waals surface area (Å²) in [7, 11) is 0. The van der Waals surface area contributed by atoms with Gasteiger partial charge in [-0.3, -0.25) is 9.59 Å². The normalized spacial score (nSPS) is 19.3. The Bertz CT molecular complexity index is 427. The SMILES string of the molecule is CCOC(=O)N1CCN(C(=O)CNC(=O)C2CCCCC2)CC1. The molecule has 0 aromatic carbocycles. The summed E-state index contributed by atoms with van der Waals surface area (Å²) in [6, 6.07) is 0. The first kappa shape index (κ1) is 17.6. The molecule has 2 rings (SSSR count). The molecule has 23 heavy (non-hydrogen) atoms. The fourth-order valence-corrected chi connectivity index (χ4v) is 3.14. The van der Waals surface area contributed by atoms with E-state index in [0.29, 0.717) is 32.8 Å². The monoisotopic (exact) mass is 325 g/mol. The maximum absolute atomic E-state index is 12.2. The van der Waals surface area contributed by atoms with Crippen molar-refractivity contribution in [2.24, 2.45) is 5.92 Å². The summed E-state index contributed by atoms with van der Waals surface area (Å²) in [6.07, 6.45) is 4.93. The molecule has 0 aromatic heterocycles. The van der Waals surface area contributed by atoms with Crippen LogP contribution in [0, 0.1) is 5.92 Å². The zero-order chi connectivity index (χ0) is 16.7. The minimum absolute atomic E-state index is 0.00297. The smallest absolute Gasteiger partial charge is 0.409 e. The van der Waals surface area contributed by atoms with E-state index in [2.05, 4.69) is 5.32 Å². The molecule has 2 aliphatic rings. The molecule has 7 heteroatoms. The third kappa shape index (κ3) is 5.11. The molecular formula is C16H27N3O4. The molecular weight excluding hydrogens is 298 g/mol. The second-order valence-electron chi connectivity index (χ2n) is 6.12. The van der Waals surface area contributed by atoms with Gasteiger partial charge in [0.1, 0.15) is 0 Å². The summed E-state index contributed by atoms with van der Waals surface area (Å²) in [5.74, 6) is -0.0157. The summed E-state index contributed by atoms with van der Waals surface area (Å²) in [5, 5.41) is 2.77. The molecule has 1 saturated heterocycles. The van der Waals surface area contributed by atoms with Crippen molar-refractivity contribution < 1.29 is 19.1 Å². The Morgan fingerprint density at radius 1 is 1.00 bits per heavy atom. The van der Waals surface area contributed by atoms with Gasteiger partial charge in [-0.15, -0.1) is 0 Å². The third-order valence-electron chi connectivity index (χ3n) is 4.55. The van der Waals surface area contributed by atoms with E-state index < -0.39 is 0 Å². The highest BCUT2D eigenvalue weighted by atomic mass is 16.6. The molecule has 1 saturated carbocycles. The topological polar surface area (TPSA) is 79.0 Å². The summed E-state index contributed by atoms with van der Waals surface area (Å²) in [5.41, 5.74) is 0. The van der Waals surface area contributed by atoms with Crippen molar-refractivity contribution >= 4 is 17.9 Å². The van der Waals surface area contributed by atoms with Crippen molar-refractivity contribution in [1.82, 2.24) is 15.1 Å². The van der Waals surface area contributed by atoms with Crippen molar-refractivity contribution in [2.45, 2.75) is 39.0 Å². The lowest BCUT2D eigenvalue weighted by molar-refractivity contribution is -0.135. The molecule has 3 amide bonds. The molecule has 0 bridgehead atoms. The first-order chi connectivity index (χ1) is 11.1. The van der Waals surface area contributed by atoms with Gasteiger partial charge in [-0.2, -0.15) is 0 Å². The van der Waals surface area contributed by atoms with E-state index in [1.54, 1.807) is 16.7 Å². The van der Waals surface area contributed by atoms with Crippen LogP contribution in [-0.2, 0) is 14.3 Å². The molecule has 0 unspecified atom stereocenters. The maximum atomic E-state index is 12.2. The molecule has 0 atom stereocenters. The molecule has 1 heterocycles. The van der Waals surface area contributed by atoms with Gasteiger partial charge in [-0.1, -0.05) is 19.3 Å². The highest BCUT2D eigenvalue weighted by Gasteiger charge is 2.26. The average molecular weight is 325 g/mol. The van der Waals surface area contributed by atoms with E-state index in [-0.39, 0.29) is 30.4 Å². The Balaban J connectivity index is 1.68. The van der Waals surface area contributed by atoms with Crippen molar-refractivity contribution in [3.63, 3.8) is 0 Å². The first-order valence-electron chi connectivity index (χ1n) is 8.59. The Morgan fingerprint density at radius 3 is 2.22 bits per heavy atom. The van der Waals surface area contributed by atoms with Gasteiger partial charge in [-0.05, 0) is 19.8 Å². The van der Waals surface area contributed by atoms with Crippen LogP contribution in [0.5, 0.6) is 0 Å². The lowest BCUT2D eigenvalue weighted by Crippen LogP contribution is -2.53. The molecule has 1 aliphatic carbocycles. The number of hydrogen-bond donors (Lipinski definition) is 1. The van der Waals surface area contributed by atoms with Crippen LogP contribution in [0.25, 0.3) is 0 Å². The van der Waals surface area contributed by atoms with Gasteiger partial charge in [0.2, 0.25) is 11.8 Å². The number of carbonyl (C=O) groups is 3. The fourth-order valence-electron chi connectivity index (χ4n) is 3.14. The minimum Gasteiger partial charge on any atom is -0.450 e. The molecule has 2 fully saturated rings. The lowest BCUT2D eigenvalue weighted by Gasteiger charge is -2.34. The second-order valence-corrected chi connectivity index (χ2v) is 6.12. The molecule has 0 aromatic rings. The predicted molar refractivity (Wildman–Crippen MR) is 84.8 cm³/mol. The largest absolute Gasteiger partial charge is 0.450 e. The van der Waals surface area contributed by atoms with E-state index >= 15 is 0 Å². The summed E-state index contributed by atoms with van der Waals surface area (Å²) in [4.78, 5) is 39.1. The number of nitrogens with one attached hydrogen (secondary N) is 1. The van der Waals surface area contributed by atoms with Crippen LogP contribution in [-0.4, -0.2) is 67.0 Å². The zero-order valence-corrected chi connectivity index (χ0v) is 13.9. The lowest BCUT2D eigenvalue weighted by atomic mass is 9.89. The summed E-state index contributed by atoms with van der Waals surface area (Å²) >= 11 is 0. The Kier molecular flexibility index (Phi) is 6.67. The van der Waals surface area contributed by atoms with Crippen LogP contribution in [0.15, 0.2) is 0 Å². The van der Waals surface area contributed by atoms with E-state index in [1.165, 1.54) is 6.42 Å². The first-order valence-corrected chi connectivity index (χ1v) is 8.59. The van der Waals surface area contributed by atoms with Crippen molar-refractivity contribution in [1.29, 1.82) is 0 Å². The number of ether oxygens (including phenoxy) is 1. The molecule has 7 nitrogen and oxygen atoms in total. The van der Waals surface area contributed by atoms with Crippen LogP contribution >= 0.6 is 0 Å². The van der Waals surface area contributed by atoms with Gasteiger partial charge in [0.05, 0.1) is 13.2 Å². The molecule has 1 N–H and O–H groups in total. The van der Waals surface area contributed by atoms with Gasteiger partial charge in [0.15, 0.2) is 0 Å². The summed E-state index contributed by atoms with van der Waals surface area (Å²) < 4.78 is 4.95. The molecule has 0 spiro atoms. The molecule has 1 aliphatic heterocycles. The second kappa shape index (κ2) is 8.74. The number of hydrogen-bond acceptors (Lipinski definition) is 4. The number of amides is 3. The van der Waals surface area contributed by atoms with Gasteiger partial charge >= 0.3 is 6.09 Å². The highest BCUT2D eigenvalue weighted by molar-refractivity contribution is 5.86. The number of piperazine rings is 1. The predicted octanol–water partition coefficient (Wildman–Crippen LogP) is 0.984. The van der Waals surface area contributed by atoms with Crippen molar-refractivity contribution in [2.75, 3.05) is 39.3 Å². The minimum atomic E-state index is -0.329. The van der Waals surface area contributed by atoms with E-state index in [0.717, 1.165) is 25.7 Å². The third-order valence-corrected chi connectivity index (χ3v) is 4.55. The number of rotatable bonds is 4. The Hall–Kier alpha value is -1.79. The van der Waals surface area contributed by atoms with E-state index in [4.69, 9.17) is 4.74 Å². The van der Waals surface area contributed by atoms with E-state index in [1.807, 2.05) is 0 Å². The van der Waals surface area contributed by atoms with Gasteiger partial charge < -0.3 is 19.9 Å². The number of nitrogens with zero attached hydrogens (tertiary/aromatic N) is 2. The van der Waals surface area contributed by atoms with Gasteiger partial charge in [0, 0.05) is 32.1 Å². The van der Waals surface area contributed by atoms with Crippen LogP contribution in [0.1, 0.15) is 39.0 Å². The van der Waals surface area contributed by atoms with Crippen molar-refractivity contribution in [3.05, 3.63) is 0 Å². The highest BCUT2D eigenvalue weighted by Crippen LogP contribution is 2.23. The van der Waals surface area contributed by atoms with Crippen LogP contribution < -0.4 is 5.32 Å². The van der Waals surface area contributed by atoms with Gasteiger partial charge in [0.25, 0.3) is 0 Å². The van der Waals surface area contributed by atoms with Crippen LogP contribution in [0.4, 0.5) is 4.79 Å². The Labute approximate surface area is 137 Å². The zero-order valence-electron chi connectivity index (χ0n) is 13.9. The van der Waals surface area contributed by atoms with E-state index in [9.17, 15) is 14.4 Å². The standard InChI is InChI=1S/C16H27N3O4/c1-2-23-16(22)19-10-8-18(9-11-19)14(20)12-17-15(21)13-6-4-3-5-7-13/h13H,2-12H2,1H3,(H,17,21). The van der Waals surface area contributed by atoms with Crippen LogP contribution in [0.2, 0.25) is 0 Å². The van der Waals surface area contributed by atoms with Crippen molar-refractivity contribution in [3.8, 4) is 0 Å². The average Bonchev–Trinajstić information content (AvgIpc) is 2.60. The molecule has 0 radical (unpaired) electrons. The quantitative estimate of drug-likeness (QED) is 0.836. The maximum Gasteiger partial charge on any atom is 0.409 e. The number of carbonyl (C=O) groups excluding carboxylic acids is 3. The van der Waals surface area contributed by atoms with Crippen LogP contribution in [0.3, 0.4) is 0 Å². The fraction of sp³-hybridized carbons (Fsp3) is 0.812. The summed E-state index contributed by atoms with van der Waals surface area (Å²) in [6.45, 7) is 4.09. The Morgan fingerprint density at radius 2 is 1.61 bits per heavy atom.